The van der Waals surface area contributed by atoms with Crippen molar-refractivity contribution in [3.63, 3.8) is 0 Å². The second kappa shape index (κ2) is 6.16. The minimum absolute atomic E-state index is 0. The normalized spacial score (nSPS) is 12.4. The van der Waals surface area contributed by atoms with Gasteiger partial charge < -0.3 is 15.2 Å². The molecule has 0 fully saturated rings. The van der Waals surface area contributed by atoms with Crippen molar-refractivity contribution >= 4 is 5.97 Å². The van der Waals surface area contributed by atoms with E-state index in [0.717, 1.165) is 0 Å². The van der Waals surface area contributed by atoms with Gasteiger partial charge in [-0.3, -0.25) is 0 Å². The summed E-state index contributed by atoms with van der Waals surface area (Å²) in [7, 11) is 1.61. The zero-order valence-corrected chi connectivity index (χ0v) is 8.97. The summed E-state index contributed by atoms with van der Waals surface area (Å²) in [5.74, 6) is -0.951. The maximum atomic E-state index is 10.2. The molecule has 0 rings (SSSR count). The number of nitrogens with one attached hydrogen (secondary N) is 1. The minimum atomic E-state index is -1.03. The molecule has 0 saturated heterocycles. The Labute approximate surface area is 83.5 Å². The molecule has 4 heteroatoms. The Kier molecular flexibility index (Phi) is 8.04. The van der Waals surface area contributed by atoms with Crippen LogP contribution in [0, 0.1) is 5.92 Å². The topological polar surface area (TPSA) is 52.2 Å². The fourth-order valence-electron chi connectivity index (χ4n) is 0.723. The first-order chi connectivity index (χ1) is 4.09. The Balaban J connectivity index is 0. The number of hydrogen-bond donors (Lipinski definition) is 1. The molecule has 54 valence electrons. The predicted molar refractivity (Wildman–Crippen MR) is 32.7 cm³/mol. The van der Waals surface area contributed by atoms with Crippen molar-refractivity contribution in [3.8, 4) is 0 Å². The number of likely N-dealkylation sites (N-methyl/N-ethyl adjacent to an activating group) is 1. The van der Waals surface area contributed by atoms with Crippen LogP contribution >= 0.6 is 0 Å². The molecule has 0 saturated carbocycles. The van der Waals surface area contributed by atoms with Gasteiger partial charge in [-0.1, -0.05) is 13.8 Å². The average molecular weight is 153 g/mol. The molecule has 0 heterocycles. The first kappa shape index (κ1) is 13.1. The molecule has 0 amide bonds. The molecule has 10 heavy (non-hydrogen) atoms. The van der Waals surface area contributed by atoms with Gasteiger partial charge in [-0.25, -0.2) is 0 Å². The van der Waals surface area contributed by atoms with E-state index in [2.05, 4.69) is 5.32 Å². The van der Waals surface area contributed by atoms with Gasteiger partial charge in [-0.05, 0) is 13.0 Å². The smallest absolute Gasteiger partial charge is 0.548 e. The van der Waals surface area contributed by atoms with Gasteiger partial charge in [0.1, 0.15) is 0 Å². The maximum absolute atomic E-state index is 10.2. The molecule has 0 radical (unpaired) electrons. The Morgan fingerprint density at radius 3 is 1.90 bits per heavy atom. The molecular weight excluding hydrogens is 141 g/mol. The fourth-order valence-corrected chi connectivity index (χ4v) is 0.723. The molecule has 0 aliphatic heterocycles. The standard InChI is InChI=1S/C6H13NO2.Na/c1-4(2)5(7-3)6(8)9;/h4-5,7H,1-3H3,(H,8,9);/q;+1/p-1/t5-;/m0./s1. The quantitative estimate of drug-likeness (QED) is 0.420. The van der Waals surface area contributed by atoms with Crippen molar-refractivity contribution < 1.29 is 39.5 Å². The first-order valence-corrected chi connectivity index (χ1v) is 2.97. The third kappa shape index (κ3) is 4.28. The first-order valence-electron chi connectivity index (χ1n) is 2.97. The van der Waals surface area contributed by atoms with Crippen LogP contribution in [0.5, 0.6) is 0 Å². The van der Waals surface area contributed by atoms with Crippen molar-refractivity contribution in [1.29, 1.82) is 0 Å². The Bertz CT molecular complexity index is 106. The van der Waals surface area contributed by atoms with Crippen molar-refractivity contribution in [2.24, 2.45) is 5.92 Å². The Hall–Kier alpha value is 0.430. The third-order valence-electron chi connectivity index (χ3n) is 1.23. The van der Waals surface area contributed by atoms with E-state index in [1.807, 2.05) is 13.8 Å². The van der Waals surface area contributed by atoms with E-state index in [9.17, 15) is 9.90 Å². The van der Waals surface area contributed by atoms with E-state index in [-0.39, 0.29) is 35.5 Å². The van der Waals surface area contributed by atoms with Gasteiger partial charge in [-0.2, -0.15) is 0 Å². The molecular formula is C6H12NNaO2. The van der Waals surface area contributed by atoms with Gasteiger partial charge in [0.2, 0.25) is 0 Å². The summed E-state index contributed by atoms with van der Waals surface area (Å²) in [6, 6.07) is -0.523. The van der Waals surface area contributed by atoms with Gasteiger partial charge in [0.25, 0.3) is 0 Å². The van der Waals surface area contributed by atoms with Gasteiger partial charge in [0.05, 0.1) is 5.97 Å². The number of carbonyl (C=O) groups is 1. The van der Waals surface area contributed by atoms with E-state index in [0.29, 0.717) is 0 Å². The van der Waals surface area contributed by atoms with Crippen LogP contribution in [-0.4, -0.2) is 19.1 Å². The maximum Gasteiger partial charge on any atom is 1.00 e. The molecule has 0 aromatic heterocycles. The SMILES string of the molecule is CN[C@H](C(=O)[O-])C(C)C.[Na+]. The summed E-state index contributed by atoms with van der Waals surface area (Å²) in [6.07, 6.45) is 0. The number of aliphatic carboxylic acids is 1. The van der Waals surface area contributed by atoms with Crippen LogP contribution in [0.25, 0.3) is 0 Å². The van der Waals surface area contributed by atoms with E-state index in [1.54, 1.807) is 7.05 Å². The van der Waals surface area contributed by atoms with E-state index in [4.69, 9.17) is 0 Å². The number of carboxylic acid groups (broad SMARTS) is 1. The summed E-state index contributed by atoms with van der Waals surface area (Å²) in [4.78, 5) is 10.2. The summed E-state index contributed by atoms with van der Waals surface area (Å²) in [5, 5.41) is 12.8. The van der Waals surface area contributed by atoms with E-state index < -0.39 is 12.0 Å². The molecule has 0 aliphatic carbocycles. The average Bonchev–Trinajstić information content (AvgIpc) is 1.64. The zero-order chi connectivity index (χ0) is 7.44. The number of hydrogen-bond acceptors (Lipinski definition) is 3. The van der Waals surface area contributed by atoms with Crippen molar-refractivity contribution in [1.82, 2.24) is 5.32 Å². The van der Waals surface area contributed by atoms with Gasteiger partial charge in [0, 0.05) is 6.04 Å². The second-order valence-corrected chi connectivity index (χ2v) is 2.33. The summed E-state index contributed by atoms with van der Waals surface area (Å²) >= 11 is 0. The van der Waals surface area contributed by atoms with Gasteiger partial charge in [-0.15, -0.1) is 0 Å². The van der Waals surface area contributed by atoms with Crippen LogP contribution in [0.2, 0.25) is 0 Å². The zero-order valence-electron chi connectivity index (χ0n) is 6.97. The summed E-state index contributed by atoms with van der Waals surface area (Å²) < 4.78 is 0. The van der Waals surface area contributed by atoms with Crippen LogP contribution in [0.3, 0.4) is 0 Å². The van der Waals surface area contributed by atoms with Gasteiger partial charge in [0.15, 0.2) is 0 Å². The molecule has 0 unspecified atom stereocenters. The molecule has 0 aromatic rings. The molecule has 0 aromatic carbocycles. The molecule has 3 nitrogen and oxygen atoms in total. The van der Waals surface area contributed by atoms with Crippen molar-refractivity contribution in [3.05, 3.63) is 0 Å². The van der Waals surface area contributed by atoms with Crippen LogP contribution in [0.4, 0.5) is 0 Å². The minimum Gasteiger partial charge on any atom is -0.548 e. The number of carboxylic acids is 1. The molecule has 0 bridgehead atoms. The Morgan fingerprint density at radius 2 is 1.90 bits per heavy atom. The van der Waals surface area contributed by atoms with Crippen LogP contribution in [0.15, 0.2) is 0 Å². The summed E-state index contributed by atoms with van der Waals surface area (Å²) in [6.45, 7) is 3.66. The molecule has 0 spiro atoms. The molecule has 0 aliphatic rings. The summed E-state index contributed by atoms with van der Waals surface area (Å²) in [5.41, 5.74) is 0. The van der Waals surface area contributed by atoms with Crippen LogP contribution in [0.1, 0.15) is 13.8 Å². The van der Waals surface area contributed by atoms with Crippen LogP contribution in [-0.2, 0) is 4.79 Å². The number of rotatable bonds is 3. The number of carbonyl (C=O) groups excluding carboxylic acids is 1. The van der Waals surface area contributed by atoms with E-state index >= 15 is 0 Å². The van der Waals surface area contributed by atoms with Crippen molar-refractivity contribution in [2.75, 3.05) is 7.05 Å². The predicted octanol–water partition coefficient (Wildman–Crippen LogP) is -4.02. The Morgan fingerprint density at radius 1 is 1.50 bits per heavy atom. The largest absolute Gasteiger partial charge is 1.00 e. The monoisotopic (exact) mass is 153 g/mol. The third-order valence-corrected chi connectivity index (χ3v) is 1.23. The van der Waals surface area contributed by atoms with Crippen molar-refractivity contribution in [2.45, 2.75) is 19.9 Å². The van der Waals surface area contributed by atoms with Gasteiger partial charge >= 0.3 is 29.6 Å². The second-order valence-electron chi connectivity index (χ2n) is 2.33. The van der Waals surface area contributed by atoms with E-state index in [1.165, 1.54) is 0 Å². The molecule has 1 atom stereocenters. The fraction of sp³-hybridized carbons (Fsp3) is 0.833. The van der Waals surface area contributed by atoms with Crippen LogP contribution < -0.4 is 40.0 Å². The molecule has 1 N–H and O–H groups in total.